The molecule has 1 aromatic heterocycles. The van der Waals surface area contributed by atoms with Crippen LogP contribution in [0.15, 0.2) is 22.7 Å². The first-order valence-corrected chi connectivity index (χ1v) is 7.20. The van der Waals surface area contributed by atoms with Crippen LogP contribution in [-0.4, -0.2) is 9.78 Å². The quantitative estimate of drug-likeness (QED) is 0.942. The zero-order valence-electron chi connectivity index (χ0n) is 11.9. The Labute approximate surface area is 122 Å². The van der Waals surface area contributed by atoms with E-state index in [1.165, 1.54) is 16.7 Å². The summed E-state index contributed by atoms with van der Waals surface area (Å²) in [6.07, 6.45) is 0.780. The highest BCUT2D eigenvalue weighted by molar-refractivity contribution is 9.10. The van der Waals surface area contributed by atoms with E-state index in [-0.39, 0.29) is 6.04 Å². The van der Waals surface area contributed by atoms with Crippen molar-refractivity contribution in [1.29, 1.82) is 0 Å². The van der Waals surface area contributed by atoms with E-state index < -0.39 is 0 Å². The third-order valence-electron chi connectivity index (χ3n) is 3.72. The molecule has 4 heteroatoms. The Balaban J connectivity index is 2.31. The van der Waals surface area contributed by atoms with Gasteiger partial charge in [-0.3, -0.25) is 4.68 Å². The lowest BCUT2D eigenvalue weighted by Crippen LogP contribution is -2.17. The zero-order chi connectivity index (χ0) is 14.2. The van der Waals surface area contributed by atoms with Gasteiger partial charge in [0.15, 0.2) is 0 Å². The number of halogens is 1. The Hall–Kier alpha value is -1.13. The Morgan fingerprint density at radius 3 is 2.58 bits per heavy atom. The molecule has 0 spiro atoms. The highest BCUT2D eigenvalue weighted by Gasteiger charge is 2.17. The molecule has 2 N–H and O–H groups in total. The maximum Gasteiger partial charge on any atom is 0.0738 e. The lowest BCUT2D eigenvalue weighted by Gasteiger charge is -2.16. The van der Waals surface area contributed by atoms with Gasteiger partial charge >= 0.3 is 0 Å². The second-order valence-electron chi connectivity index (χ2n) is 5.07. The highest BCUT2D eigenvalue weighted by Crippen LogP contribution is 2.26. The topological polar surface area (TPSA) is 43.8 Å². The van der Waals surface area contributed by atoms with Crippen LogP contribution in [0.3, 0.4) is 0 Å². The zero-order valence-corrected chi connectivity index (χ0v) is 13.5. The van der Waals surface area contributed by atoms with Crippen molar-refractivity contribution in [2.45, 2.75) is 33.2 Å². The fraction of sp³-hybridized carbons (Fsp3) is 0.400. The molecule has 1 aromatic carbocycles. The summed E-state index contributed by atoms with van der Waals surface area (Å²) in [5.74, 6) is 0. The second kappa shape index (κ2) is 5.47. The fourth-order valence-electron chi connectivity index (χ4n) is 2.40. The Morgan fingerprint density at radius 1 is 1.32 bits per heavy atom. The summed E-state index contributed by atoms with van der Waals surface area (Å²) < 4.78 is 2.97. The molecule has 0 aliphatic carbocycles. The van der Waals surface area contributed by atoms with Crippen LogP contribution in [0, 0.1) is 20.8 Å². The van der Waals surface area contributed by atoms with Crippen LogP contribution in [0.4, 0.5) is 0 Å². The Kier molecular flexibility index (Phi) is 4.11. The number of hydrogen-bond acceptors (Lipinski definition) is 2. The van der Waals surface area contributed by atoms with Crippen LogP contribution >= 0.6 is 15.9 Å². The highest BCUT2D eigenvalue weighted by atomic mass is 79.9. The predicted octanol–water partition coefficient (Wildman–Crippen LogP) is 3.35. The maximum atomic E-state index is 6.38. The molecule has 1 atom stereocenters. The smallest absolute Gasteiger partial charge is 0.0738 e. The molecule has 0 aliphatic heterocycles. The van der Waals surface area contributed by atoms with E-state index in [0.29, 0.717) is 0 Å². The van der Waals surface area contributed by atoms with E-state index in [0.717, 1.165) is 22.3 Å². The molecule has 0 aliphatic rings. The molecule has 0 bridgehead atoms. The maximum absolute atomic E-state index is 6.38. The summed E-state index contributed by atoms with van der Waals surface area (Å²) in [6.45, 7) is 6.25. The standard InChI is InChI=1S/C15H20BrN3/c1-9-6-5-7-12(10(9)2)13(17)8-14-15(16)11(3)18-19(14)4/h5-7,13H,8,17H2,1-4H3. The van der Waals surface area contributed by atoms with Crippen molar-refractivity contribution >= 4 is 15.9 Å². The van der Waals surface area contributed by atoms with Gasteiger partial charge in [-0.2, -0.15) is 5.10 Å². The summed E-state index contributed by atoms with van der Waals surface area (Å²) in [5, 5.41) is 4.41. The summed E-state index contributed by atoms with van der Waals surface area (Å²) in [4.78, 5) is 0. The van der Waals surface area contributed by atoms with Gasteiger partial charge in [0.25, 0.3) is 0 Å². The average Bonchev–Trinajstić information content (AvgIpc) is 2.59. The van der Waals surface area contributed by atoms with Gasteiger partial charge in [-0.1, -0.05) is 18.2 Å². The minimum Gasteiger partial charge on any atom is -0.324 e. The first kappa shape index (κ1) is 14.3. The van der Waals surface area contributed by atoms with Crippen molar-refractivity contribution in [2.75, 3.05) is 0 Å². The van der Waals surface area contributed by atoms with E-state index in [1.54, 1.807) is 0 Å². The molecule has 0 amide bonds. The van der Waals surface area contributed by atoms with Gasteiger partial charge in [0.05, 0.1) is 15.9 Å². The van der Waals surface area contributed by atoms with E-state index >= 15 is 0 Å². The summed E-state index contributed by atoms with van der Waals surface area (Å²) in [7, 11) is 1.96. The second-order valence-corrected chi connectivity index (χ2v) is 5.86. The molecular weight excluding hydrogens is 302 g/mol. The van der Waals surface area contributed by atoms with E-state index in [4.69, 9.17) is 5.73 Å². The average molecular weight is 322 g/mol. The molecular formula is C15H20BrN3. The largest absolute Gasteiger partial charge is 0.324 e. The Bertz CT molecular complexity index is 602. The van der Waals surface area contributed by atoms with Crippen molar-refractivity contribution in [3.05, 3.63) is 50.8 Å². The number of nitrogens with zero attached hydrogens (tertiary/aromatic N) is 2. The van der Waals surface area contributed by atoms with Crippen LogP contribution in [0.2, 0.25) is 0 Å². The van der Waals surface area contributed by atoms with E-state index in [2.05, 4.69) is 53.1 Å². The van der Waals surface area contributed by atoms with E-state index in [9.17, 15) is 0 Å². The van der Waals surface area contributed by atoms with Crippen LogP contribution in [-0.2, 0) is 13.5 Å². The Morgan fingerprint density at radius 2 is 2.00 bits per heavy atom. The van der Waals surface area contributed by atoms with Gasteiger partial charge in [-0.15, -0.1) is 0 Å². The molecule has 0 radical (unpaired) electrons. The van der Waals surface area contributed by atoms with Crippen LogP contribution < -0.4 is 5.73 Å². The lowest BCUT2D eigenvalue weighted by atomic mass is 9.95. The molecule has 0 saturated carbocycles. The number of nitrogens with two attached hydrogens (primary N) is 1. The first-order chi connectivity index (χ1) is 8.91. The van der Waals surface area contributed by atoms with Crippen LogP contribution in [0.1, 0.15) is 34.1 Å². The summed E-state index contributed by atoms with van der Waals surface area (Å²) in [6, 6.07) is 6.30. The minimum absolute atomic E-state index is 0.00833. The molecule has 0 saturated heterocycles. The van der Waals surface area contributed by atoms with Crippen LogP contribution in [0.25, 0.3) is 0 Å². The molecule has 1 heterocycles. The minimum atomic E-state index is -0.00833. The fourth-order valence-corrected chi connectivity index (χ4v) is 2.89. The molecule has 2 aromatic rings. The monoisotopic (exact) mass is 321 g/mol. The molecule has 102 valence electrons. The third-order valence-corrected chi connectivity index (χ3v) is 4.75. The van der Waals surface area contributed by atoms with Crippen molar-refractivity contribution in [2.24, 2.45) is 12.8 Å². The number of aromatic nitrogens is 2. The normalized spacial score (nSPS) is 12.7. The summed E-state index contributed by atoms with van der Waals surface area (Å²) in [5.41, 5.74) is 12.3. The van der Waals surface area contributed by atoms with Crippen molar-refractivity contribution in [3.8, 4) is 0 Å². The number of rotatable bonds is 3. The SMILES string of the molecule is Cc1cccc(C(N)Cc2c(Br)c(C)nn2C)c1C. The van der Waals surface area contributed by atoms with Crippen molar-refractivity contribution in [1.82, 2.24) is 9.78 Å². The van der Waals surface area contributed by atoms with Crippen molar-refractivity contribution in [3.63, 3.8) is 0 Å². The van der Waals surface area contributed by atoms with Gasteiger partial charge in [-0.25, -0.2) is 0 Å². The third kappa shape index (κ3) is 2.74. The van der Waals surface area contributed by atoms with Gasteiger partial charge in [0.2, 0.25) is 0 Å². The molecule has 0 fully saturated rings. The van der Waals surface area contributed by atoms with E-state index in [1.807, 2.05) is 18.7 Å². The van der Waals surface area contributed by atoms with Crippen LogP contribution in [0.5, 0.6) is 0 Å². The molecule has 2 rings (SSSR count). The number of aryl methyl sites for hydroxylation is 3. The number of hydrogen-bond donors (Lipinski definition) is 1. The van der Waals surface area contributed by atoms with Gasteiger partial charge in [0, 0.05) is 19.5 Å². The first-order valence-electron chi connectivity index (χ1n) is 6.41. The molecule has 3 nitrogen and oxygen atoms in total. The predicted molar refractivity (Wildman–Crippen MR) is 82.2 cm³/mol. The molecule has 1 unspecified atom stereocenters. The van der Waals surface area contributed by atoms with Gasteiger partial charge < -0.3 is 5.73 Å². The van der Waals surface area contributed by atoms with Gasteiger partial charge in [0.1, 0.15) is 0 Å². The van der Waals surface area contributed by atoms with Crippen molar-refractivity contribution < 1.29 is 0 Å². The summed E-state index contributed by atoms with van der Waals surface area (Å²) >= 11 is 3.60. The molecule has 19 heavy (non-hydrogen) atoms. The van der Waals surface area contributed by atoms with Gasteiger partial charge in [-0.05, 0) is 53.4 Å². The lowest BCUT2D eigenvalue weighted by molar-refractivity contribution is 0.636. The number of benzene rings is 1.